The Hall–Kier alpha value is -0.163. The van der Waals surface area contributed by atoms with Crippen LogP contribution in [0.3, 0.4) is 0 Å². The molecular formula is C4H11NO2Si. The summed E-state index contributed by atoms with van der Waals surface area (Å²) in [5.41, 5.74) is 5.75. The van der Waals surface area contributed by atoms with E-state index in [2.05, 4.69) is 6.58 Å². The van der Waals surface area contributed by atoms with Crippen molar-refractivity contribution in [2.75, 3.05) is 0 Å². The summed E-state index contributed by atoms with van der Waals surface area (Å²) in [5.74, 6) is 0. The molecule has 1 unspecified atom stereocenters. The van der Waals surface area contributed by atoms with Crippen LogP contribution >= 0.6 is 0 Å². The van der Waals surface area contributed by atoms with Gasteiger partial charge in [0.15, 0.2) is 0 Å². The van der Waals surface area contributed by atoms with Crippen LogP contribution in [0.2, 0.25) is 0 Å². The lowest BCUT2D eigenvalue weighted by Gasteiger charge is -2.15. The van der Waals surface area contributed by atoms with Crippen molar-refractivity contribution in [1.82, 2.24) is 0 Å². The molecule has 1 atom stereocenters. The van der Waals surface area contributed by atoms with Crippen molar-refractivity contribution in [2.45, 2.75) is 12.6 Å². The van der Waals surface area contributed by atoms with Crippen LogP contribution < -0.4 is 5.73 Å². The maximum absolute atomic E-state index is 8.85. The highest BCUT2D eigenvalue weighted by Crippen LogP contribution is 1.96. The normalized spacial score (nSPS) is 15.5. The molecule has 3 nitrogen and oxygen atoms in total. The zero-order valence-corrected chi connectivity index (χ0v) is 5.83. The molecule has 0 amide bonds. The van der Waals surface area contributed by atoms with Gasteiger partial charge in [0.25, 0.3) is 0 Å². The third kappa shape index (κ3) is 1.75. The van der Waals surface area contributed by atoms with Crippen LogP contribution in [0.4, 0.5) is 0 Å². The lowest BCUT2D eigenvalue weighted by atomic mass is 10.8. The van der Waals surface area contributed by atoms with Gasteiger partial charge in [-0.15, -0.1) is 6.58 Å². The molecule has 0 aromatic rings. The van der Waals surface area contributed by atoms with Crippen LogP contribution in [0.1, 0.15) is 6.92 Å². The van der Waals surface area contributed by atoms with Gasteiger partial charge in [-0.1, -0.05) is 0 Å². The summed E-state index contributed by atoms with van der Waals surface area (Å²) in [6.45, 7) is 4.78. The molecule has 0 saturated carbocycles. The Balaban J connectivity index is 3.90. The molecule has 0 heterocycles. The van der Waals surface area contributed by atoms with E-state index in [4.69, 9.17) is 15.3 Å². The summed E-state index contributed by atoms with van der Waals surface area (Å²) in [5, 5.41) is 0. The fourth-order valence-corrected chi connectivity index (χ4v) is 0.558. The zero-order valence-electron chi connectivity index (χ0n) is 4.83. The molecule has 0 aromatic carbocycles. The molecule has 0 aliphatic heterocycles. The fraction of sp³-hybridized carbons (Fsp3) is 0.500. The molecule has 0 rings (SSSR count). The first-order valence-electron chi connectivity index (χ1n) is 2.34. The van der Waals surface area contributed by atoms with Crippen LogP contribution in [0.25, 0.3) is 0 Å². The third-order valence-electron chi connectivity index (χ3n) is 0.971. The molecule has 48 valence electrons. The Bertz CT molecular complexity index is 92.0. The fourth-order valence-electron chi connectivity index (χ4n) is 0.186. The number of hydrogen-bond acceptors (Lipinski definition) is 3. The van der Waals surface area contributed by atoms with Gasteiger partial charge >= 0.3 is 8.56 Å². The summed E-state index contributed by atoms with van der Waals surface area (Å²) in [6, 6.07) is 0. The van der Waals surface area contributed by atoms with Gasteiger partial charge in [0, 0.05) is 5.67 Å². The summed E-state index contributed by atoms with van der Waals surface area (Å²) < 4.78 is 0. The van der Waals surface area contributed by atoms with Crippen molar-refractivity contribution in [2.24, 2.45) is 5.73 Å². The minimum absolute atomic E-state index is 0.556. The molecule has 0 radical (unpaired) electrons. The maximum atomic E-state index is 8.85. The molecular weight excluding hydrogens is 122 g/mol. The third-order valence-corrected chi connectivity index (χ3v) is 2.91. The average molecular weight is 133 g/mol. The average Bonchev–Trinajstić information content (AvgIpc) is 1.67. The standard InChI is InChI=1S/C4H11NO2Si/c1-3-8(6,7)4(2)5/h3-4,6-7H,1,5H2,2H3. The number of hydrogen-bond donors (Lipinski definition) is 3. The van der Waals surface area contributed by atoms with E-state index in [0.717, 1.165) is 5.70 Å². The Morgan fingerprint density at radius 1 is 1.75 bits per heavy atom. The SMILES string of the molecule is C=C[Si](O)(O)C(C)N. The van der Waals surface area contributed by atoms with Gasteiger partial charge in [-0.05, 0) is 12.6 Å². The van der Waals surface area contributed by atoms with E-state index < -0.39 is 14.2 Å². The second-order valence-corrected chi connectivity index (χ2v) is 4.66. The van der Waals surface area contributed by atoms with Gasteiger partial charge < -0.3 is 15.3 Å². The van der Waals surface area contributed by atoms with Crippen molar-refractivity contribution < 1.29 is 9.59 Å². The van der Waals surface area contributed by atoms with Crippen LogP contribution in [-0.2, 0) is 0 Å². The Kier molecular flexibility index (Phi) is 2.36. The first-order chi connectivity index (χ1) is 3.50. The van der Waals surface area contributed by atoms with E-state index in [1.54, 1.807) is 6.92 Å². The quantitative estimate of drug-likeness (QED) is 0.424. The number of rotatable bonds is 2. The van der Waals surface area contributed by atoms with E-state index in [0.29, 0.717) is 0 Å². The van der Waals surface area contributed by atoms with E-state index in [9.17, 15) is 0 Å². The lowest BCUT2D eigenvalue weighted by Crippen LogP contribution is -2.50. The van der Waals surface area contributed by atoms with E-state index >= 15 is 0 Å². The minimum Gasteiger partial charge on any atom is -0.407 e. The van der Waals surface area contributed by atoms with Crippen molar-refractivity contribution in [1.29, 1.82) is 0 Å². The molecule has 4 heteroatoms. The highest BCUT2D eigenvalue weighted by molar-refractivity contribution is 6.71. The molecule has 0 bridgehead atoms. The predicted molar refractivity (Wildman–Crippen MR) is 34.0 cm³/mol. The summed E-state index contributed by atoms with van der Waals surface area (Å²) in [6.07, 6.45) is 0. The Morgan fingerprint density at radius 2 is 2.12 bits per heavy atom. The van der Waals surface area contributed by atoms with Crippen molar-refractivity contribution >= 4 is 8.56 Å². The minimum atomic E-state index is -3.21. The number of nitrogens with two attached hydrogens (primary N) is 1. The molecule has 0 aromatic heterocycles. The van der Waals surface area contributed by atoms with E-state index in [-0.39, 0.29) is 0 Å². The van der Waals surface area contributed by atoms with Gasteiger partial charge in [0.1, 0.15) is 0 Å². The second-order valence-electron chi connectivity index (χ2n) is 1.78. The summed E-state index contributed by atoms with van der Waals surface area (Å²) in [7, 11) is -3.21. The molecule has 0 fully saturated rings. The van der Waals surface area contributed by atoms with Crippen LogP contribution in [0, 0.1) is 0 Å². The van der Waals surface area contributed by atoms with Gasteiger partial charge in [0.2, 0.25) is 0 Å². The molecule has 0 aliphatic carbocycles. The van der Waals surface area contributed by atoms with Crippen LogP contribution in [-0.4, -0.2) is 23.8 Å². The predicted octanol–water partition coefficient (Wildman–Crippen LogP) is -0.975. The molecule has 0 aliphatic rings. The smallest absolute Gasteiger partial charge is 0.376 e. The van der Waals surface area contributed by atoms with Crippen LogP contribution in [0.5, 0.6) is 0 Å². The molecule has 0 spiro atoms. The van der Waals surface area contributed by atoms with Gasteiger partial charge in [-0.25, -0.2) is 0 Å². The lowest BCUT2D eigenvalue weighted by molar-refractivity contribution is 0.363. The monoisotopic (exact) mass is 133 g/mol. The Morgan fingerprint density at radius 3 is 2.12 bits per heavy atom. The summed E-state index contributed by atoms with van der Waals surface area (Å²) >= 11 is 0. The molecule has 8 heavy (non-hydrogen) atoms. The second kappa shape index (κ2) is 2.41. The zero-order chi connectivity index (χ0) is 6.78. The largest absolute Gasteiger partial charge is 0.407 e. The highest BCUT2D eigenvalue weighted by Gasteiger charge is 2.29. The van der Waals surface area contributed by atoms with Gasteiger partial charge in [-0.2, -0.15) is 0 Å². The molecule has 4 N–H and O–H groups in total. The van der Waals surface area contributed by atoms with E-state index in [1.165, 1.54) is 0 Å². The molecule has 0 saturated heterocycles. The topological polar surface area (TPSA) is 66.5 Å². The highest BCUT2D eigenvalue weighted by atomic mass is 28.4. The first-order valence-corrected chi connectivity index (χ1v) is 4.39. The Labute approximate surface area is 49.7 Å². The summed E-state index contributed by atoms with van der Waals surface area (Å²) in [4.78, 5) is 17.7. The van der Waals surface area contributed by atoms with Crippen molar-refractivity contribution in [3.63, 3.8) is 0 Å². The van der Waals surface area contributed by atoms with Crippen LogP contribution in [0.15, 0.2) is 12.3 Å². The van der Waals surface area contributed by atoms with Gasteiger partial charge in [-0.3, -0.25) is 0 Å². The van der Waals surface area contributed by atoms with Gasteiger partial charge in [0.05, 0.1) is 0 Å². The first kappa shape index (κ1) is 7.84. The maximum Gasteiger partial charge on any atom is 0.376 e. The van der Waals surface area contributed by atoms with E-state index in [1.807, 2.05) is 0 Å². The van der Waals surface area contributed by atoms with Crippen molar-refractivity contribution in [3.8, 4) is 0 Å². The van der Waals surface area contributed by atoms with Crippen molar-refractivity contribution in [3.05, 3.63) is 12.3 Å².